The zero-order chi connectivity index (χ0) is 16.8. The lowest BCUT2D eigenvalue weighted by molar-refractivity contribution is -0.118. The fourth-order valence-corrected chi connectivity index (χ4v) is 2.95. The number of amides is 1. The number of benzene rings is 1. The third-order valence-electron chi connectivity index (χ3n) is 3.57. The predicted molar refractivity (Wildman–Crippen MR) is 95.6 cm³/mol. The summed E-state index contributed by atoms with van der Waals surface area (Å²) < 4.78 is 7.29. The van der Waals surface area contributed by atoms with Gasteiger partial charge in [0.25, 0.3) is 5.91 Å². The van der Waals surface area contributed by atoms with Gasteiger partial charge in [-0.1, -0.05) is 25.1 Å². The van der Waals surface area contributed by atoms with Crippen molar-refractivity contribution in [2.75, 3.05) is 11.9 Å². The molecule has 0 unspecified atom stereocenters. The SMILES string of the molecule is CCc1ccc(OCC(=O)Nc2ccnn2Cc2cccs2)cc1. The van der Waals surface area contributed by atoms with Crippen molar-refractivity contribution in [3.63, 3.8) is 0 Å². The van der Waals surface area contributed by atoms with Gasteiger partial charge in [0.1, 0.15) is 11.6 Å². The van der Waals surface area contributed by atoms with Gasteiger partial charge in [-0.2, -0.15) is 5.10 Å². The molecule has 2 aromatic heterocycles. The Labute approximate surface area is 144 Å². The second-order valence-electron chi connectivity index (χ2n) is 5.29. The highest BCUT2D eigenvalue weighted by atomic mass is 32.1. The van der Waals surface area contributed by atoms with E-state index < -0.39 is 0 Å². The van der Waals surface area contributed by atoms with Crippen molar-refractivity contribution in [1.82, 2.24) is 9.78 Å². The van der Waals surface area contributed by atoms with E-state index in [0.717, 1.165) is 6.42 Å². The number of hydrogen-bond acceptors (Lipinski definition) is 4. The van der Waals surface area contributed by atoms with Crippen molar-refractivity contribution >= 4 is 23.1 Å². The number of carbonyl (C=O) groups excluding carboxylic acids is 1. The van der Waals surface area contributed by atoms with E-state index in [1.807, 2.05) is 41.8 Å². The highest BCUT2D eigenvalue weighted by molar-refractivity contribution is 7.09. The molecule has 5 nitrogen and oxygen atoms in total. The summed E-state index contributed by atoms with van der Waals surface area (Å²) in [6, 6.07) is 13.6. The van der Waals surface area contributed by atoms with Gasteiger partial charge in [0.2, 0.25) is 0 Å². The van der Waals surface area contributed by atoms with Crippen LogP contribution in [0.15, 0.2) is 54.0 Å². The third kappa shape index (κ3) is 4.23. The van der Waals surface area contributed by atoms with Crippen LogP contribution in [0.2, 0.25) is 0 Å². The van der Waals surface area contributed by atoms with Gasteiger partial charge in [0.05, 0.1) is 12.7 Å². The number of aromatic nitrogens is 2. The summed E-state index contributed by atoms with van der Waals surface area (Å²) in [5.41, 5.74) is 1.24. The Morgan fingerprint density at radius 3 is 2.79 bits per heavy atom. The summed E-state index contributed by atoms with van der Waals surface area (Å²) >= 11 is 1.66. The van der Waals surface area contributed by atoms with E-state index in [9.17, 15) is 4.79 Å². The minimum atomic E-state index is -0.206. The maximum Gasteiger partial charge on any atom is 0.263 e. The molecule has 1 aromatic carbocycles. The van der Waals surface area contributed by atoms with E-state index in [4.69, 9.17) is 4.74 Å². The highest BCUT2D eigenvalue weighted by Gasteiger charge is 2.09. The Balaban J connectivity index is 1.54. The van der Waals surface area contributed by atoms with E-state index in [0.29, 0.717) is 18.1 Å². The number of thiophene rings is 1. The van der Waals surface area contributed by atoms with Crippen molar-refractivity contribution in [3.05, 3.63) is 64.5 Å². The lowest BCUT2D eigenvalue weighted by Gasteiger charge is -2.09. The maximum atomic E-state index is 12.1. The van der Waals surface area contributed by atoms with Crippen molar-refractivity contribution in [3.8, 4) is 5.75 Å². The van der Waals surface area contributed by atoms with E-state index in [-0.39, 0.29) is 12.5 Å². The second-order valence-corrected chi connectivity index (χ2v) is 6.32. The molecule has 24 heavy (non-hydrogen) atoms. The molecule has 0 saturated heterocycles. The number of ether oxygens (including phenoxy) is 1. The summed E-state index contributed by atoms with van der Waals surface area (Å²) in [5, 5.41) is 9.11. The van der Waals surface area contributed by atoms with Crippen LogP contribution in [0.4, 0.5) is 5.82 Å². The minimum absolute atomic E-state index is 0.0321. The van der Waals surface area contributed by atoms with Gasteiger partial charge >= 0.3 is 0 Å². The molecule has 0 aliphatic rings. The molecule has 2 heterocycles. The average Bonchev–Trinajstić information content (AvgIpc) is 3.26. The van der Waals surface area contributed by atoms with Gasteiger partial charge in [0, 0.05) is 10.9 Å². The van der Waals surface area contributed by atoms with Crippen molar-refractivity contribution in [2.24, 2.45) is 0 Å². The van der Waals surface area contributed by atoms with E-state index >= 15 is 0 Å². The molecule has 0 fully saturated rings. The van der Waals surface area contributed by atoms with Crippen LogP contribution in [0.3, 0.4) is 0 Å². The van der Waals surface area contributed by atoms with Gasteiger partial charge in [-0.25, -0.2) is 4.68 Å². The van der Waals surface area contributed by atoms with Crippen molar-refractivity contribution < 1.29 is 9.53 Å². The Kier molecular flexibility index (Phi) is 5.28. The fourth-order valence-electron chi connectivity index (χ4n) is 2.26. The molecule has 0 atom stereocenters. The molecule has 0 saturated carbocycles. The van der Waals surface area contributed by atoms with Crippen LogP contribution in [-0.4, -0.2) is 22.3 Å². The molecule has 0 radical (unpaired) electrons. The van der Waals surface area contributed by atoms with Gasteiger partial charge in [-0.05, 0) is 35.6 Å². The normalized spacial score (nSPS) is 10.5. The Bertz CT molecular complexity index is 779. The number of nitrogens with zero attached hydrogens (tertiary/aromatic N) is 2. The molecule has 1 amide bonds. The smallest absolute Gasteiger partial charge is 0.263 e. The monoisotopic (exact) mass is 341 g/mol. The number of nitrogens with one attached hydrogen (secondary N) is 1. The minimum Gasteiger partial charge on any atom is -0.484 e. The number of aryl methyl sites for hydroxylation is 1. The summed E-state index contributed by atoms with van der Waals surface area (Å²) in [6.45, 7) is 2.71. The summed E-state index contributed by atoms with van der Waals surface area (Å²) in [4.78, 5) is 13.3. The van der Waals surface area contributed by atoms with E-state index in [2.05, 4.69) is 17.3 Å². The van der Waals surface area contributed by atoms with E-state index in [1.54, 1.807) is 28.3 Å². The molecule has 124 valence electrons. The number of hydrogen-bond donors (Lipinski definition) is 1. The van der Waals surface area contributed by atoms with Crippen LogP contribution >= 0.6 is 11.3 Å². The van der Waals surface area contributed by atoms with Crippen LogP contribution in [-0.2, 0) is 17.8 Å². The van der Waals surface area contributed by atoms with Gasteiger partial charge < -0.3 is 10.1 Å². The summed E-state index contributed by atoms with van der Waals surface area (Å²) in [5.74, 6) is 1.15. The van der Waals surface area contributed by atoms with Crippen molar-refractivity contribution in [1.29, 1.82) is 0 Å². The van der Waals surface area contributed by atoms with Crippen molar-refractivity contribution in [2.45, 2.75) is 19.9 Å². The lowest BCUT2D eigenvalue weighted by atomic mass is 10.2. The third-order valence-corrected chi connectivity index (χ3v) is 4.43. The molecule has 3 rings (SSSR count). The largest absolute Gasteiger partial charge is 0.484 e. The summed E-state index contributed by atoms with van der Waals surface area (Å²) in [7, 11) is 0. The Hall–Kier alpha value is -2.60. The van der Waals surface area contributed by atoms with Crippen LogP contribution in [0.25, 0.3) is 0 Å². The maximum absolute atomic E-state index is 12.1. The Morgan fingerprint density at radius 2 is 2.08 bits per heavy atom. The first-order valence-electron chi connectivity index (χ1n) is 7.80. The van der Waals surface area contributed by atoms with E-state index in [1.165, 1.54) is 10.4 Å². The molecule has 0 aliphatic heterocycles. The number of carbonyl (C=O) groups is 1. The molecular formula is C18H19N3O2S. The quantitative estimate of drug-likeness (QED) is 0.715. The molecule has 0 aliphatic carbocycles. The van der Waals surface area contributed by atoms with Crippen LogP contribution in [0.1, 0.15) is 17.4 Å². The molecule has 0 bridgehead atoms. The summed E-state index contributed by atoms with van der Waals surface area (Å²) in [6.07, 6.45) is 2.66. The topological polar surface area (TPSA) is 56.1 Å². The standard InChI is InChI=1S/C18H19N3O2S/c1-2-14-5-7-15(8-6-14)23-13-18(22)20-17-9-10-19-21(17)12-16-4-3-11-24-16/h3-11H,2,12-13H2,1H3,(H,20,22). The van der Waals surface area contributed by atoms with Crippen LogP contribution in [0, 0.1) is 0 Å². The predicted octanol–water partition coefficient (Wildman–Crippen LogP) is 3.57. The van der Waals surface area contributed by atoms with Crippen LogP contribution < -0.4 is 10.1 Å². The first-order valence-corrected chi connectivity index (χ1v) is 8.68. The molecule has 3 aromatic rings. The fraction of sp³-hybridized carbons (Fsp3) is 0.222. The highest BCUT2D eigenvalue weighted by Crippen LogP contribution is 2.15. The second kappa shape index (κ2) is 7.79. The zero-order valence-electron chi connectivity index (χ0n) is 13.4. The molecular weight excluding hydrogens is 322 g/mol. The van der Waals surface area contributed by atoms with Gasteiger partial charge in [0.15, 0.2) is 6.61 Å². The lowest BCUT2D eigenvalue weighted by Crippen LogP contribution is -2.22. The molecule has 0 spiro atoms. The molecule has 6 heteroatoms. The molecule has 1 N–H and O–H groups in total. The number of anilines is 1. The zero-order valence-corrected chi connectivity index (χ0v) is 14.3. The average molecular weight is 341 g/mol. The first kappa shape index (κ1) is 16.3. The van der Waals surface area contributed by atoms with Gasteiger partial charge in [-0.3, -0.25) is 4.79 Å². The Morgan fingerprint density at radius 1 is 1.25 bits per heavy atom. The first-order chi connectivity index (χ1) is 11.7. The number of rotatable bonds is 7. The van der Waals surface area contributed by atoms with Gasteiger partial charge in [-0.15, -0.1) is 11.3 Å². The van der Waals surface area contributed by atoms with Crippen LogP contribution in [0.5, 0.6) is 5.75 Å².